The molecule has 1 rings (SSSR count). The Balaban J connectivity index is 1.81. The first-order valence-electron chi connectivity index (χ1n) is 8.02. The van der Waals surface area contributed by atoms with Gasteiger partial charge in [0.25, 0.3) is 0 Å². The standard InChI is InChI=1S/C17H32/c1-3-4-5-6-7-8-9-10-11-13-16(2)17-14-12-15-17/h3-15H2,1-2H3. The van der Waals surface area contributed by atoms with Gasteiger partial charge in [0.2, 0.25) is 0 Å². The lowest BCUT2D eigenvalue weighted by molar-refractivity contribution is 0.560. The Labute approximate surface area is 109 Å². The molecule has 0 heterocycles. The lowest BCUT2D eigenvalue weighted by atomic mass is 9.87. The molecule has 0 aliphatic heterocycles. The number of unbranched alkanes of at least 4 members (excludes halogenated alkanes) is 8. The normalized spacial score (nSPS) is 14.8. The van der Waals surface area contributed by atoms with E-state index in [9.17, 15) is 0 Å². The maximum atomic E-state index is 2.36. The van der Waals surface area contributed by atoms with E-state index in [1.165, 1.54) is 83.5 Å². The molecule has 0 N–H and O–H groups in total. The van der Waals surface area contributed by atoms with Gasteiger partial charge in [-0.3, -0.25) is 0 Å². The van der Waals surface area contributed by atoms with Gasteiger partial charge in [0.15, 0.2) is 0 Å². The van der Waals surface area contributed by atoms with E-state index in [1.807, 2.05) is 0 Å². The molecule has 0 atom stereocenters. The highest BCUT2D eigenvalue weighted by molar-refractivity contribution is 5.17. The van der Waals surface area contributed by atoms with E-state index < -0.39 is 0 Å². The number of rotatable bonds is 10. The highest BCUT2D eigenvalue weighted by Gasteiger charge is 2.10. The molecule has 0 aromatic carbocycles. The van der Waals surface area contributed by atoms with Crippen molar-refractivity contribution >= 4 is 0 Å². The largest absolute Gasteiger partial charge is 0.0741 e. The molecule has 0 heteroatoms. The van der Waals surface area contributed by atoms with E-state index in [0.717, 1.165) is 0 Å². The summed E-state index contributed by atoms with van der Waals surface area (Å²) in [6, 6.07) is 0. The van der Waals surface area contributed by atoms with Crippen molar-refractivity contribution < 1.29 is 0 Å². The molecule has 0 saturated heterocycles. The van der Waals surface area contributed by atoms with Crippen molar-refractivity contribution in [3.8, 4) is 0 Å². The van der Waals surface area contributed by atoms with Crippen molar-refractivity contribution in [3.05, 3.63) is 11.1 Å². The summed E-state index contributed by atoms with van der Waals surface area (Å²) in [5.41, 5.74) is 3.50. The SMILES string of the molecule is CCCCCCCCCCCC(C)=C1CCC1. The fourth-order valence-electron chi connectivity index (χ4n) is 2.66. The highest BCUT2D eigenvalue weighted by Crippen LogP contribution is 2.30. The Morgan fingerprint density at radius 1 is 0.824 bits per heavy atom. The van der Waals surface area contributed by atoms with Crippen LogP contribution >= 0.6 is 0 Å². The van der Waals surface area contributed by atoms with Crippen molar-refractivity contribution in [2.45, 2.75) is 97.3 Å². The summed E-state index contributed by atoms with van der Waals surface area (Å²) in [5.74, 6) is 0. The van der Waals surface area contributed by atoms with E-state index in [-0.39, 0.29) is 0 Å². The molecule has 0 radical (unpaired) electrons. The summed E-state index contributed by atoms with van der Waals surface area (Å²) in [5, 5.41) is 0. The Morgan fingerprint density at radius 3 is 1.82 bits per heavy atom. The summed E-state index contributed by atoms with van der Waals surface area (Å²) in [6.07, 6.45) is 18.7. The molecule has 0 aromatic rings. The number of hydrogen-bond acceptors (Lipinski definition) is 0. The molecule has 0 amide bonds. The quantitative estimate of drug-likeness (QED) is 0.304. The van der Waals surface area contributed by atoms with Gasteiger partial charge in [-0.2, -0.15) is 0 Å². The molecular formula is C17H32. The zero-order chi connectivity index (χ0) is 12.3. The molecule has 1 aliphatic rings. The van der Waals surface area contributed by atoms with Gasteiger partial charge in [-0.05, 0) is 39.0 Å². The Hall–Kier alpha value is -0.260. The molecule has 0 unspecified atom stereocenters. The van der Waals surface area contributed by atoms with Gasteiger partial charge < -0.3 is 0 Å². The second-order valence-corrected chi connectivity index (χ2v) is 5.82. The average molecular weight is 236 g/mol. The molecule has 1 aliphatic carbocycles. The van der Waals surface area contributed by atoms with Crippen molar-refractivity contribution in [1.29, 1.82) is 0 Å². The molecule has 0 aromatic heterocycles. The van der Waals surface area contributed by atoms with Crippen LogP contribution in [0, 0.1) is 0 Å². The minimum atomic E-state index is 1.37. The fraction of sp³-hybridized carbons (Fsp3) is 0.882. The van der Waals surface area contributed by atoms with Gasteiger partial charge in [0, 0.05) is 0 Å². The van der Waals surface area contributed by atoms with Crippen LogP contribution < -0.4 is 0 Å². The van der Waals surface area contributed by atoms with Crippen LogP contribution in [-0.4, -0.2) is 0 Å². The van der Waals surface area contributed by atoms with Gasteiger partial charge >= 0.3 is 0 Å². The van der Waals surface area contributed by atoms with Gasteiger partial charge in [0.05, 0.1) is 0 Å². The zero-order valence-corrected chi connectivity index (χ0v) is 12.2. The predicted molar refractivity (Wildman–Crippen MR) is 78.4 cm³/mol. The van der Waals surface area contributed by atoms with E-state index in [2.05, 4.69) is 13.8 Å². The topological polar surface area (TPSA) is 0 Å². The van der Waals surface area contributed by atoms with Gasteiger partial charge in [0.1, 0.15) is 0 Å². The van der Waals surface area contributed by atoms with Gasteiger partial charge in [-0.25, -0.2) is 0 Å². The molecular weight excluding hydrogens is 204 g/mol. The van der Waals surface area contributed by atoms with Crippen LogP contribution in [0.3, 0.4) is 0 Å². The average Bonchev–Trinajstić information content (AvgIpc) is 2.24. The van der Waals surface area contributed by atoms with Crippen LogP contribution in [0.2, 0.25) is 0 Å². The molecule has 1 saturated carbocycles. The maximum Gasteiger partial charge on any atom is -0.0315 e. The number of hydrogen-bond donors (Lipinski definition) is 0. The number of allylic oxidation sites excluding steroid dienone is 2. The second-order valence-electron chi connectivity index (χ2n) is 5.82. The first-order valence-corrected chi connectivity index (χ1v) is 8.02. The Morgan fingerprint density at radius 2 is 1.35 bits per heavy atom. The van der Waals surface area contributed by atoms with Crippen molar-refractivity contribution in [3.63, 3.8) is 0 Å². The molecule has 100 valence electrons. The smallest absolute Gasteiger partial charge is 0.0315 e. The van der Waals surface area contributed by atoms with Crippen LogP contribution in [0.15, 0.2) is 11.1 Å². The molecule has 17 heavy (non-hydrogen) atoms. The third-order valence-corrected chi connectivity index (χ3v) is 4.22. The molecule has 0 spiro atoms. The third kappa shape index (κ3) is 6.91. The zero-order valence-electron chi connectivity index (χ0n) is 12.2. The van der Waals surface area contributed by atoms with Crippen LogP contribution in [0.25, 0.3) is 0 Å². The summed E-state index contributed by atoms with van der Waals surface area (Å²) in [6.45, 7) is 4.65. The Bertz CT molecular complexity index is 206. The van der Waals surface area contributed by atoms with Crippen molar-refractivity contribution in [2.75, 3.05) is 0 Å². The van der Waals surface area contributed by atoms with Crippen LogP contribution in [0.4, 0.5) is 0 Å². The minimum Gasteiger partial charge on any atom is -0.0741 e. The van der Waals surface area contributed by atoms with Gasteiger partial charge in [-0.1, -0.05) is 69.4 Å². The van der Waals surface area contributed by atoms with E-state index >= 15 is 0 Å². The summed E-state index contributed by atoms with van der Waals surface area (Å²) < 4.78 is 0. The molecule has 0 nitrogen and oxygen atoms in total. The summed E-state index contributed by atoms with van der Waals surface area (Å²) in [7, 11) is 0. The van der Waals surface area contributed by atoms with Crippen LogP contribution in [-0.2, 0) is 0 Å². The van der Waals surface area contributed by atoms with E-state index in [1.54, 1.807) is 11.1 Å². The molecule has 1 fully saturated rings. The summed E-state index contributed by atoms with van der Waals surface area (Å²) >= 11 is 0. The van der Waals surface area contributed by atoms with E-state index in [4.69, 9.17) is 0 Å². The first kappa shape index (κ1) is 14.8. The lowest BCUT2D eigenvalue weighted by Gasteiger charge is -2.20. The first-order chi connectivity index (χ1) is 8.34. The maximum absolute atomic E-state index is 2.36. The fourth-order valence-corrected chi connectivity index (χ4v) is 2.66. The Kier molecular flexibility index (Phi) is 8.48. The van der Waals surface area contributed by atoms with E-state index in [0.29, 0.717) is 0 Å². The summed E-state index contributed by atoms with van der Waals surface area (Å²) in [4.78, 5) is 0. The van der Waals surface area contributed by atoms with Crippen LogP contribution in [0.1, 0.15) is 97.3 Å². The lowest BCUT2D eigenvalue weighted by Crippen LogP contribution is -2.00. The molecule has 0 bridgehead atoms. The van der Waals surface area contributed by atoms with Crippen molar-refractivity contribution in [1.82, 2.24) is 0 Å². The van der Waals surface area contributed by atoms with Crippen LogP contribution in [0.5, 0.6) is 0 Å². The monoisotopic (exact) mass is 236 g/mol. The second kappa shape index (κ2) is 9.74. The highest BCUT2D eigenvalue weighted by atomic mass is 14.2. The van der Waals surface area contributed by atoms with Crippen molar-refractivity contribution in [2.24, 2.45) is 0 Å². The predicted octanol–water partition coefficient (Wildman–Crippen LogP) is 6.41. The third-order valence-electron chi connectivity index (χ3n) is 4.22. The minimum absolute atomic E-state index is 1.37. The van der Waals surface area contributed by atoms with Gasteiger partial charge in [-0.15, -0.1) is 0 Å².